The fourth-order valence-corrected chi connectivity index (χ4v) is 5.10. The zero-order chi connectivity index (χ0) is 24.1. The maximum absolute atomic E-state index is 12.1. The molecule has 1 aliphatic rings. The number of piperidine rings is 1. The summed E-state index contributed by atoms with van der Waals surface area (Å²) in [7, 11) is 1.69. The van der Waals surface area contributed by atoms with E-state index in [2.05, 4.69) is 60.4 Å². The van der Waals surface area contributed by atoms with Crippen LogP contribution >= 0.6 is 11.6 Å². The van der Waals surface area contributed by atoms with Crippen molar-refractivity contribution in [3.8, 4) is 16.9 Å². The van der Waals surface area contributed by atoms with Crippen molar-refractivity contribution < 1.29 is 9.53 Å². The van der Waals surface area contributed by atoms with E-state index in [1.54, 1.807) is 14.0 Å². The largest absolute Gasteiger partial charge is 0.496 e. The first-order valence-electron chi connectivity index (χ1n) is 11.9. The van der Waals surface area contributed by atoms with Crippen LogP contribution in [0.15, 0.2) is 60.7 Å². The summed E-state index contributed by atoms with van der Waals surface area (Å²) in [6.45, 7) is 5.42. The first-order valence-corrected chi connectivity index (χ1v) is 12.3. The van der Waals surface area contributed by atoms with Crippen molar-refractivity contribution in [1.29, 1.82) is 0 Å². The van der Waals surface area contributed by atoms with Gasteiger partial charge in [-0.05, 0) is 73.2 Å². The highest BCUT2D eigenvalue weighted by Crippen LogP contribution is 2.32. The smallest absolute Gasteiger partial charge is 0.146 e. The van der Waals surface area contributed by atoms with E-state index in [9.17, 15) is 4.79 Å². The topological polar surface area (TPSA) is 29.5 Å². The molecule has 1 fully saturated rings. The second-order valence-electron chi connectivity index (χ2n) is 9.00. The van der Waals surface area contributed by atoms with Crippen LogP contribution in [0.2, 0.25) is 5.02 Å². The van der Waals surface area contributed by atoms with Crippen LogP contribution in [0.3, 0.4) is 0 Å². The lowest BCUT2D eigenvalue weighted by molar-refractivity contribution is -0.123. The summed E-state index contributed by atoms with van der Waals surface area (Å²) in [4.78, 5) is 14.4. The zero-order valence-corrected chi connectivity index (χ0v) is 20.9. The molecule has 0 unspecified atom stereocenters. The number of Topliss-reactive ketones (excluding diaryl/α,β-unsaturated/α-hetero) is 1. The molecule has 0 aromatic heterocycles. The number of hydrogen-bond acceptors (Lipinski definition) is 3. The lowest BCUT2D eigenvalue weighted by Crippen LogP contribution is -2.43. The van der Waals surface area contributed by atoms with Crippen molar-refractivity contribution in [3.63, 3.8) is 0 Å². The summed E-state index contributed by atoms with van der Waals surface area (Å²) in [5.41, 5.74) is 6.74. The Kier molecular flexibility index (Phi) is 7.87. The Morgan fingerprint density at radius 3 is 2.56 bits per heavy atom. The van der Waals surface area contributed by atoms with Crippen LogP contribution in [-0.4, -0.2) is 30.4 Å². The van der Waals surface area contributed by atoms with E-state index in [1.807, 2.05) is 24.3 Å². The van der Waals surface area contributed by atoms with Gasteiger partial charge in [-0.25, -0.2) is 0 Å². The van der Waals surface area contributed by atoms with E-state index in [4.69, 9.17) is 16.3 Å². The Labute approximate surface area is 208 Å². The number of ether oxygens (including phenoxy) is 1. The van der Waals surface area contributed by atoms with E-state index in [1.165, 1.54) is 16.7 Å². The molecule has 1 saturated heterocycles. The van der Waals surface area contributed by atoms with Crippen LogP contribution in [0.1, 0.15) is 48.4 Å². The predicted octanol–water partition coefficient (Wildman–Crippen LogP) is 7.44. The fraction of sp³-hybridized carbons (Fsp3) is 0.300. The van der Waals surface area contributed by atoms with Gasteiger partial charge >= 0.3 is 0 Å². The first-order chi connectivity index (χ1) is 16.5. The van der Waals surface area contributed by atoms with Crippen molar-refractivity contribution >= 4 is 29.5 Å². The van der Waals surface area contributed by atoms with Gasteiger partial charge in [-0.1, -0.05) is 78.7 Å². The molecule has 0 amide bonds. The third-order valence-electron chi connectivity index (χ3n) is 6.76. The summed E-state index contributed by atoms with van der Waals surface area (Å²) in [5, 5.41) is 0.681. The molecular formula is C30H32ClNO2. The highest BCUT2D eigenvalue weighted by molar-refractivity contribution is 6.32. The quantitative estimate of drug-likeness (QED) is 0.334. The van der Waals surface area contributed by atoms with Gasteiger partial charge in [0.25, 0.3) is 0 Å². The standard InChI is InChI=1S/C30H32ClNO2/c1-21-23(12-9-13-27(21)24-10-5-4-6-11-24)15-16-25-19-30(34-3)26(18-28(25)31)20-32-17-8-7-14-29(32)22(2)33/h4-6,9-13,15-16,18-19,29H,7-8,14,17,20H2,1-3H3/b16-15+/t29-/m0/s1. The van der Waals surface area contributed by atoms with Gasteiger partial charge in [0.2, 0.25) is 0 Å². The maximum Gasteiger partial charge on any atom is 0.146 e. The Hall–Kier alpha value is -2.88. The molecule has 0 aliphatic carbocycles. The normalized spacial score (nSPS) is 16.6. The monoisotopic (exact) mass is 473 g/mol. The SMILES string of the molecule is COc1cc(/C=C/c2cccc(-c3ccccc3)c2C)c(Cl)cc1CN1CCCC[C@H]1C(C)=O. The second kappa shape index (κ2) is 11.0. The van der Waals surface area contributed by atoms with Crippen molar-refractivity contribution in [2.24, 2.45) is 0 Å². The summed E-state index contributed by atoms with van der Waals surface area (Å²) < 4.78 is 5.73. The van der Waals surface area contributed by atoms with Gasteiger partial charge in [0.1, 0.15) is 11.5 Å². The summed E-state index contributed by atoms with van der Waals surface area (Å²) in [6, 6.07) is 20.8. The molecule has 3 nitrogen and oxygen atoms in total. The minimum absolute atomic E-state index is 0.0170. The zero-order valence-electron chi connectivity index (χ0n) is 20.2. The van der Waals surface area contributed by atoms with Crippen molar-refractivity contribution in [3.05, 3.63) is 87.9 Å². The summed E-state index contributed by atoms with van der Waals surface area (Å²) in [5.74, 6) is 1.03. The number of nitrogens with zero attached hydrogens (tertiary/aromatic N) is 1. The fourth-order valence-electron chi connectivity index (χ4n) is 4.86. The Morgan fingerprint density at radius 1 is 1.06 bits per heavy atom. The molecule has 0 saturated carbocycles. The van der Waals surface area contributed by atoms with Crippen LogP contribution in [0, 0.1) is 6.92 Å². The lowest BCUT2D eigenvalue weighted by Gasteiger charge is -2.34. The van der Waals surface area contributed by atoms with Crippen LogP contribution in [0.5, 0.6) is 5.75 Å². The van der Waals surface area contributed by atoms with Crippen LogP contribution in [0.4, 0.5) is 0 Å². The van der Waals surface area contributed by atoms with Crippen molar-refractivity contribution in [2.75, 3.05) is 13.7 Å². The molecule has 0 bridgehead atoms. The molecule has 1 heterocycles. The third-order valence-corrected chi connectivity index (χ3v) is 7.09. The molecular weight excluding hydrogens is 442 g/mol. The van der Waals surface area contributed by atoms with Gasteiger partial charge < -0.3 is 4.74 Å². The molecule has 0 radical (unpaired) electrons. The molecule has 1 aliphatic heterocycles. The number of benzene rings is 3. The van der Waals surface area contributed by atoms with E-state index < -0.39 is 0 Å². The number of hydrogen-bond donors (Lipinski definition) is 0. The third kappa shape index (κ3) is 5.43. The Morgan fingerprint density at radius 2 is 1.82 bits per heavy atom. The number of carbonyl (C=O) groups excluding carboxylic acids is 1. The Bertz CT molecular complexity index is 1190. The highest BCUT2D eigenvalue weighted by atomic mass is 35.5. The van der Waals surface area contributed by atoms with E-state index >= 15 is 0 Å². The van der Waals surface area contributed by atoms with Crippen molar-refractivity contribution in [2.45, 2.75) is 45.7 Å². The minimum atomic E-state index is -0.0170. The summed E-state index contributed by atoms with van der Waals surface area (Å²) in [6.07, 6.45) is 7.30. The van der Waals surface area contributed by atoms with Crippen LogP contribution in [-0.2, 0) is 11.3 Å². The highest BCUT2D eigenvalue weighted by Gasteiger charge is 2.27. The van der Waals surface area contributed by atoms with Crippen LogP contribution in [0.25, 0.3) is 23.3 Å². The van der Waals surface area contributed by atoms with Crippen molar-refractivity contribution in [1.82, 2.24) is 4.90 Å². The van der Waals surface area contributed by atoms with Gasteiger partial charge in [0.15, 0.2) is 0 Å². The molecule has 0 N–H and O–H groups in total. The van der Waals surface area contributed by atoms with Gasteiger partial charge in [0, 0.05) is 17.1 Å². The first kappa shape index (κ1) is 24.3. The van der Waals surface area contributed by atoms with Gasteiger partial charge in [-0.2, -0.15) is 0 Å². The Balaban J connectivity index is 1.60. The average molecular weight is 474 g/mol. The second-order valence-corrected chi connectivity index (χ2v) is 9.40. The molecule has 4 heteroatoms. The molecule has 176 valence electrons. The number of ketones is 1. The number of carbonyl (C=O) groups is 1. The molecule has 4 rings (SSSR count). The molecule has 1 atom stereocenters. The van der Waals surface area contributed by atoms with Gasteiger partial charge in [-0.3, -0.25) is 9.69 Å². The van der Waals surface area contributed by atoms with E-state index in [-0.39, 0.29) is 11.8 Å². The average Bonchev–Trinajstić information content (AvgIpc) is 2.85. The number of likely N-dealkylation sites (tertiary alicyclic amines) is 1. The molecule has 3 aromatic rings. The molecule has 3 aromatic carbocycles. The molecule has 34 heavy (non-hydrogen) atoms. The minimum Gasteiger partial charge on any atom is -0.496 e. The lowest BCUT2D eigenvalue weighted by atomic mass is 9.96. The van der Waals surface area contributed by atoms with Crippen LogP contribution < -0.4 is 4.74 Å². The molecule has 0 spiro atoms. The van der Waals surface area contributed by atoms with E-state index in [0.717, 1.165) is 48.2 Å². The van der Waals surface area contributed by atoms with E-state index in [0.29, 0.717) is 11.6 Å². The van der Waals surface area contributed by atoms with Gasteiger partial charge in [0.05, 0.1) is 13.2 Å². The summed E-state index contributed by atoms with van der Waals surface area (Å²) >= 11 is 6.72. The maximum atomic E-state index is 12.1. The number of methoxy groups -OCH3 is 1. The number of halogens is 1. The number of rotatable bonds is 7. The van der Waals surface area contributed by atoms with Gasteiger partial charge in [-0.15, -0.1) is 0 Å². The predicted molar refractivity (Wildman–Crippen MR) is 142 cm³/mol.